The second-order valence-corrected chi connectivity index (χ2v) is 1.15. The molecule has 0 saturated heterocycles. The Bertz CT molecular complexity index is 28.8. The lowest BCUT2D eigenvalue weighted by molar-refractivity contribution is 0.247. The molecule has 0 fully saturated rings. The molecule has 0 aromatic heterocycles. The standard InChI is InChI=1S/C2H5O2Si/c1-4-2-5-3/h2H2,1H3. The Kier molecular flexibility index (Phi) is 3.96. The summed E-state index contributed by atoms with van der Waals surface area (Å²) in [5, 5.41) is 0. The van der Waals surface area contributed by atoms with Gasteiger partial charge >= 0.3 is 9.41 Å². The van der Waals surface area contributed by atoms with Crippen LogP contribution < -0.4 is 0 Å². The van der Waals surface area contributed by atoms with Crippen molar-refractivity contribution in [1.29, 1.82) is 0 Å². The third kappa shape index (κ3) is 3.98. The Balaban J connectivity index is 2.40. The van der Waals surface area contributed by atoms with Gasteiger partial charge in [-0.05, 0) is 0 Å². The smallest absolute Gasteiger partial charge is 0.354 e. The fourth-order valence-corrected chi connectivity index (χ4v) is 0.177. The van der Waals surface area contributed by atoms with Crippen molar-refractivity contribution < 1.29 is 9.20 Å². The van der Waals surface area contributed by atoms with E-state index >= 15 is 0 Å². The number of hydrogen-bond acceptors (Lipinski definition) is 2. The van der Waals surface area contributed by atoms with E-state index in [1.807, 2.05) is 0 Å². The molecule has 0 aliphatic carbocycles. The Morgan fingerprint density at radius 2 is 2.60 bits per heavy atom. The van der Waals surface area contributed by atoms with Crippen LogP contribution in [0.1, 0.15) is 0 Å². The van der Waals surface area contributed by atoms with Crippen LogP contribution in [-0.4, -0.2) is 22.7 Å². The van der Waals surface area contributed by atoms with Crippen LogP contribution in [0, 0.1) is 0 Å². The summed E-state index contributed by atoms with van der Waals surface area (Å²) in [5.41, 5.74) is 0. The maximum absolute atomic E-state index is 9.43. The molecule has 3 heteroatoms. The topological polar surface area (TPSA) is 26.3 Å². The number of rotatable bonds is 2. The summed E-state index contributed by atoms with van der Waals surface area (Å²) in [4.78, 5) is 0. The van der Waals surface area contributed by atoms with Crippen molar-refractivity contribution in [2.45, 2.75) is 0 Å². The molecule has 0 amide bonds. The van der Waals surface area contributed by atoms with Crippen LogP contribution in [0.25, 0.3) is 0 Å². The number of methoxy groups -OCH3 is 1. The molecule has 0 aliphatic rings. The molecule has 0 bridgehead atoms. The van der Waals surface area contributed by atoms with Gasteiger partial charge in [0, 0.05) is 7.11 Å². The molecular weight excluding hydrogens is 84.1 g/mol. The zero-order valence-electron chi connectivity index (χ0n) is 3.02. The minimum atomic E-state index is -0.314. The number of ether oxygens (including phenoxy) is 1. The SMILES string of the molecule is COC[Si]=O. The normalized spacial score (nSPS) is 7.40. The zero-order chi connectivity index (χ0) is 4.12. The first-order valence-corrected chi connectivity index (χ1v) is 2.37. The fraction of sp³-hybridized carbons (Fsp3) is 1.00. The van der Waals surface area contributed by atoms with Crippen molar-refractivity contribution in [2.75, 3.05) is 13.3 Å². The summed E-state index contributed by atoms with van der Waals surface area (Å²) in [6, 6.07) is 0. The molecule has 0 aromatic rings. The van der Waals surface area contributed by atoms with Crippen LogP contribution in [0.2, 0.25) is 0 Å². The minimum absolute atomic E-state index is 0.314. The van der Waals surface area contributed by atoms with Crippen LogP contribution >= 0.6 is 0 Å². The molecule has 0 atom stereocenters. The predicted octanol–water partition coefficient (Wildman–Crippen LogP) is -0.360. The maximum atomic E-state index is 9.43. The van der Waals surface area contributed by atoms with Crippen molar-refractivity contribution in [2.24, 2.45) is 0 Å². The molecule has 5 heavy (non-hydrogen) atoms. The van der Waals surface area contributed by atoms with E-state index in [2.05, 4.69) is 4.74 Å². The monoisotopic (exact) mass is 89.0 g/mol. The Labute approximate surface area is 33.0 Å². The first kappa shape index (κ1) is 4.98. The molecule has 0 spiro atoms. The van der Waals surface area contributed by atoms with Crippen LogP contribution in [-0.2, 0) is 9.20 Å². The fourth-order valence-electron chi connectivity index (χ4n) is 0.0589. The highest BCUT2D eigenvalue weighted by atomic mass is 28.2. The van der Waals surface area contributed by atoms with E-state index in [0.717, 1.165) is 0 Å². The molecule has 0 aromatic carbocycles. The average Bonchev–Trinajstić information content (AvgIpc) is 1.41. The van der Waals surface area contributed by atoms with Crippen molar-refractivity contribution in [3.63, 3.8) is 0 Å². The summed E-state index contributed by atoms with van der Waals surface area (Å²) in [6.45, 7) is 0. The second-order valence-electron chi connectivity index (χ2n) is 0.577. The average molecular weight is 89.1 g/mol. The quantitative estimate of drug-likeness (QED) is 0.432. The first-order chi connectivity index (χ1) is 2.41. The van der Waals surface area contributed by atoms with Crippen LogP contribution in [0.15, 0.2) is 0 Å². The number of hydrogen-bond donors (Lipinski definition) is 0. The van der Waals surface area contributed by atoms with Crippen LogP contribution in [0.5, 0.6) is 0 Å². The van der Waals surface area contributed by atoms with Gasteiger partial charge in [0.25, 0.3) is 0 Å². The summed E-state index contributed by atoms with van der Waals surface area (Å²) in [7, 11) is 1.20. The highest BCUT2D eigenvalue weighted by Crippen LogP contribution is 1.49. The van der Waals surface area contributed by atoms with E-state index in [1.54, 1.807) is 0 Å². The third-order valence-electron chi connectivity index (χ3n) is 0.203. The Morgan fingerprint density at radius 1 is 2.00 bits per heavy atom. The van der Waals surface area contributed by atoms with Gasteiger partial charge in [0.2, 0.25) is 0 Å². The Hall–Kier alpha value is -0.0231. The highest BCUT2D eigenvalue weighted by Gasteiger charge is 1.69. The highest BCUT2D eigenvalue weighted by molar-refractivity contribution is 6.16. The van der Waals surface area contributed by atoms with Gasteiger partial charge in [0.15, 0.2) is 0 Å². The summed E-state index contributed by atoms with van der Waals surface area (Å²) in [6.07, 6.45) is 0.361. The van der Waals surface area contributed by atoms with Gasteiger partial charge in [-0.2, -0.15) is 0 Å². The second kappa shape index (κ2) is 3.98. The van der Waals surface area contributed by atoms with Crippen molar-refractivity contribution in [3.05, 3.63) is 0 Å². The lowest BCUT2D eigenvalue weighted by atomic mass is 11.5. The molecular formula is C2H5O2Si. The summed E-state index contributed by atoms with van der Waals surface area (Å²) >= 11 is 0. The minimum Gasteiger partial charge on any atom is -0.382 e. The molecule has 2 nitrogen and oxygen atoms in total. The van der Waals surface area contributed by atoms with Gasteiger partial charge in [0.1, 0.15) is 0 Å². The van der Waals surface area contributed by atoms with Crippen molar-refractivity contribution in [3.8, 4) is 0 Å². The zero-order valence-corrected chi connectivity index (χ0v) is 4.02. The molecule has 0 heterocycles. The van der Waals surface area contributed by atoms with Crippen LogP contribution in [0.3, 0.4) is 0 Å². The van der Waals surface area contributed by atoms with Gasteiger partial charge in [-0.15, -0.1) is 0 Å². The molecule has 0 N–H and O–H groups in total. The van der Waals surface area contributed by atoms with E-state index < -0.39 is 0 Å². The van der Waals surface area contributed by atoms with Gasteiger partial charge < -0.3 is 9.20 Å². The molecule has 0 aliphatic heterocycles. The molecule has 0 rings (SSSR count). The largest absolute Gasteiger partial charge is 0.382 e. The molecule has 0 unspecified atom stereocenters. The van der Waals surface area contributed by atoms with E-state index in [-0.39, 0.29) is 9.41 Å². The third-order valence-corrected chi connectivity index (χ3v) is 0.610. The predicted molar refractivity (Wildman–Crippen MR) is 18.3 cm³/mol. The van der Waals surface area contributed by atoms with Gasteiger partial charge in [-0.3, -0.25) is 0 Å². The first-order valence-electron chi connectivity index (χ1n) is 1.25. The van der Waals surface area contributed by atoms with E-state index in [1.165, 1.54) is 7.11 Å². The molecule has 0 saturated carbocycles. The van der Waals surface area contributed by atoms with Gasteiger partial charge in [-0.1, -0.05) is 0 Å². The van der Waals surface area contributed by atoms with Gasteiger partial charge in [-0.25, -0.2) is 0 Å². The van der Waals surface area contributed by atoms with Crippen molar-refractivity contribution in [1.82, 2.24) is 0 Å². The van der Waals surface area contributed by atoms with E-state index in [9.17, 15) is 4.46 Å². The molecule has 29 valence electrons. The summed E-state index contributed by atoms with van der Waals surface area (Å²) < 4.78 is 13.8. The van der Waals surface area contributed by atoms with E-state index in [0.29, 0.717) is 6.23 Å². The van der Waals surface area contributed by atoms with E-state index in [4.69, 9.17) is 0 Å². The lowest BCUT2D eigenvalue weighted by Gasteiger charge is -1.74. The van der Waals surface area contributed by atoms with Crippen LogP contribution in [0.4, 0.5) is 0 Å². The lowest BCUT2D eigenvalue weighted by Crippen LogP contribution is -1.87. The maximum Gasteiger partial charge on any atom is 0.354 e. The van der Waals surface area contributed by atoms with Crippen molar-refractivity contribution >= 4 is 9.41 Å². The van der Waals surface area contributed by atoms with Gasteiger partial charge in [0.05, 0.1) is 6.23 Å². The Morgan fingerprint density at radius 3 is 2.60 bits per heavy atom. The molecule has 1 radical (unpaired) electrons. The summed E-state index contributed by atoms with van der Waals surface area (Å²) in [5.74, 6) is 0.